The van der Waals surface area contributed by atoms with Gasteiger partial charge in [-0.15, -0.1) is 0 Å². The third-order valence-electron chi connectivity index (χ3n) is 3.19. The van der Waals surface area contributed by atoms with Gasteiger partial charge in [-0.25, -0.2) is 8.42 Å². The van der Waals surface area contributed by atoms with E-state index < -0.39 is 9.84 Å². The van der Waals surface area contributed by atoms with Crippen LogP contribution >= 0.6 is 15.9 Å². The van der Waals surface area contributed by atoms with Crippen molar-refractivity contribution in [2.75, 3.05) is 11.5 Å². The summed E-state index contributed by atoms with van der Waals surface area (Å²) >= 11 is 3.49. The van der Waals surface area contributed by atoms with Crippen molar-refractivity contribution in [3.63, 3.8) is 0 Å². The van der Waals surface area contributed by atoms with Gasteiger partial charge in [-0.05, 0) is 37.0 Å². The number of nitrogens with one attached hydrogen (secondary N) is 1. The van der Waals surface area contributed by atoms with Gasteiger partial charge in [0.1, 0.15) is 9.84 Å². The van der Waals surface area contributed by atoms with Crippen molar-refractivity contribution < 1.29 is 8.42 Å². The molecule has 3 N–H and O–H groups in total. The summed E-state index contributed by atoms with van der Waals surface area (Å²) in [5, 5.41) is 0. The van der Waals surface area contributed by atoms with E-state index in [-0.39, 0.29) is 17.5 Å². The molecule has 1 aromatic carbocycles. The Bertz CT molecular complexity index is 517. The van der Waals surface area contributed by atoms with Crippen LogP contribution in [0.25, 0.3) is 0 Å². The molecule has 0 spiro atoms. The summed E-state index contributed by atoms with van der Waals surface area (Å²) in [4.78, 5) is 0. The van der Waals surface area contributed by atoms with E-state index in [9.17, 15) is 8.42 Å². The first-order valence-corrected chi connectivity index (χ1v) is 8.93. The lowest BCUT2D eigenvalue weighted by atomic mass is 10.0. The van der Waals surface area contributed by atoms with Gasteiger partial charge < -0.3 is 0 Å². The van der Waals surface area contributed by atoms with E-state index in [2.05, 4.69) is 21.4 Å². The lowest BCUT2D eigenvalue weighted by molar-refractivity contribution is 0.507. The van der Waals surface area contributed by atoms with Gasteiger partial charge in [0.2, 0.25) is 0 Å². The van der Waals surface area contributed by atoms with E-state index in [0.717, 1.165) is 15.6 Å². The number of nitrogens with two attached hydrogens (primary N) is 1. The monoisotopic (exact) mass is 348 g/mol. The summed E-state index contributed by atoms with van der Waals surface area (Å²) < 4.78 is 23.9. The molecule has 1 rings (SSSR count). The molecule has 0 heterocycles. The maximum Gasteiger partial charge on any atom is 0.150 e. The van der Waals surface area contributed by atoms with Crippen LogP contribution in [-0.4, -0.2) is 19.9 Å². The molecule has 0 saturated carbocycles. The van der Waals surface area contributed by atoms with Crippen LogP contribution in [0, 0.1) is 6.92 Å². The molecule has 4 nitrogen and oxygen atoms in total. The Morgan fingerprint density at radius 3 is 2.63 bits per heavy atom. The molecule has 0 radical (unpaired) electrons. The average Bonchev–Trinajstić information content (AvgIpc) is 2.38. The summed E-state index contributed by atoms with van der Waals surface area (Å²) in [6, 6.07) is 6.03. The summed E-state index contributed by atoms with van der Waals surface area (Å²) in [7, 11) is -2.90. The SMILES string of the molecule is CCS(=O)(=O)CCCC(NN)c1ccc(C)c(Br)c1. The largest absolute Gasteiger partial charge is 0.271 e. The van der Waals surface area contributed by atoms with Crippen LogP contribution in [0.15, 0.2) is 22.7 Å². The molecule has 1 aromatic rings. The normalized spacial score (nSPS) is 13.5. The quantitative estimate of drug-likeness (QED) is 0.586. The van der Waals surface area contributed by atoms with Gasteiger partial charge in [0.05, 0.1) is 5.75 Å². The average molecular weight is 349 g/mol. The molecule has 0 saturated heterocycles. The first kappa shape index (κ1) is 16.6. The van der Waals surface area contributed by atoms with Gasteiger partial charge in [-0.3, -0.25) is 11.3 Å². The zero-order chi connectivity index (χ0) is 14.5. The highest BCUT2D eigenvalue weighted by atomic mass is 79.9. The van der Waals surface area contributed by atoms with Crippen LogP contribution in [-0.2, 0) is 9.84 Å². The summed E-state index contributed by atoms with van der Waals surface area (Å²) in [5.41, 5.74) is 4.98. The van der Waals surface area contributed by atoms with E-state index in [1.54, 1.807) is 6.92 Å². The Balaban J connectivity index is 2.66. The molecule has 0 aromatic heterocycles. The lowest BCUT2D eigenvalue weighted by Gasteiger charge is -2.17. The zero-order valence-electron chi connectivity index (χ0n) is 11.3. The topological polar surface area (TPSA) is 72.2 Å². The second-order valence-corrected chi connectivity index (χ2v) is 7.93. The molecular weight excluding hydrogens is 328 g/mol. The molecule has 19 heavy (non-hydrogen) atoms. The number of benzene rings is 1. The maximum absolute atomic E-state index is 11.4. The van der Waals surface area contributed by atoms with Gasteiger partial charge in [-0.1, -0.05) is 35.0 Å². The molecule has 0 amide bonds. The van der Waals surface area contributed by atoms with Crippen LogP contribution in [0.2, 0.25) is 0 Å². The van der Waals surface area contributed by atoms with Gasteiger partial charge >= 0.3 is 0 Å². The van der Waals surface area contributed by atoms with Gasteiger partial charge in [-0.2, -0.15) is 0 Å². The molecule has 0 aliphatic carbocycles. The van der Waals surface area contributed by atoms with Crippen LogP contribution in [0.1, 0.15) is 36.9 Å². The van der Waals surface area contributed by atoms with Gasteiger partial charge in [0.15, 0.2) is 0 Å². The molecule has 1 unspecified atom stereocenters. The molecule has 6 heteroatoms. The number of hydrogen-bond donors (Lipinski definition) is 2. The highest BCUT2D eigenvalue weighted by molar-refractivity contribution is 9.10. The molecular formula is C13H21BrN2O2S. The number of sulfone groups is 1. The highest BCUT2D eigenvalue weighted by Gasteiger charge is 2.13. The third-order valence-corrected chi connectivity index (χ3v) is 5.83. The van der Waals surface area contributed by atoms with Crippen molar-refractivity contribution in [2.45, 2.75) is 32.7 Å². The van der Waals surface area contributed by atoms with E-state index >= 15 is 0 Å². The third kappa shape index (κ3) is 5.22. The number of rotatable bonds is 7. The number of hydrazine groups is 1. The maximum atomic E-state index is 11.4. The predicted octanol–water partition coefficient (Wildman–Crippen LogP) is 2.48. The highest BCUT2D eigenvalue weighted by Crippen LogP contribution is 2.24. The number of hydrogen-bond acceptors (Lipinski definition) is 4. The standard InChI is InChI=1S/C13H21BrN2O2S/c1-3-19(17,18)8-4-5-13(16-15)11-7-6-10(2)12(14)9-11/h6-7,9,13,16H,3-5,8,15H2,1-2H3. The minimum Gasteiger partial charge on any atom is -0.271 e. The summed E-state index contributed by atoms with van der Waals surface area (Å²) in [6.07, 6.45) is 1.31. The number of halogens is 1. The Kier molecular flexibility index (Phi) is 6.46. The van der Waals surface area contributed by atoms with Gasteiger partial charge in [0, 0.05) is 16.3 Å². The Morgan fingerprint density at radius 2 is 2.11 bits per heavy atom. The van der Waals surface area contributed by atoms with Crippen molar-refractivity contribution in [3.05, 3.63) is 33.8 Å². The van der Waals surface area contributed by atoms with Crippen molar-refractivity contribution in [1.82, 2.24) is 5.43 Å². The zero-order valence-corrected chi connectivity index (χ0v) is 13.7. The Labute approximate surface area is 123 Å². The minimum atomic E-state index is -2.90. The predicted molar refractivity (Wildman–Crippen MR) is 82.5 cm³/mol. The van der Waals surface area contributed by atoms with Gasteiger partial charge in [0.25, 0.3) is 0 Å². The van der Waals surface area contributed by atoms with E-state index in [1.165, 1.54) is 0 Å². The van der Waals surface area contributed by atoms with E-state index in [0.29, 0.717) is 12.8 Å². The molecule has 108 valence electrons. The minimum absolute atomic E-state index is 0.0241. The fourth-order valence-corrected chi connectivity index (χ4v) is 3.12. The van der Waals surface area contributed by atoms with Crippen LogP contribution in [0.5, 0.6) is 0 Å². The van der Waals surface area contributed by atoms with Crippen molar-refractivity contribution in [2.24, 2.45) is 5.84 Å². The lowest BCUT2D eigenvalue weighted by Crippen LogP contribution is -2.28. The Morgan fingerprint density at radius 1 is 1.42 bits per heavy atom. The van der Waals surface area contributed by atoms with E-state index in [1.807, 2.05) is 25.1 Å². The van der Waals surface area contributed by atoms with Crippen LogP contribution < -0.4 is 11.3 Å². The number of aryl methyl sites for hydroxylation is 1. The first-order valence-electron chi connectivity index (χ1n) is 6.32. The summed E-state index contributed by atoms with van der Waals surface area (Å²) in [6.45, 7) is 3.69. The first-order chi connectivity index (χ1) is 8.89. The molecule has 1 atom stereocenters. The Hall–Kier alpha value is -0.430. The molecule has 0 aliphatic rings. The van der Waals surface area contributed by atoms with Crippen molar-refractivity contribution >= 4 is 25.8 Å². The van der Waals surface area contributed by atoms with Crippen LogP contribution in [0.3, 0.4) is 0 Å². The van der Waals surface area contributed by atoms with E-state index in [4.69, 9.17) is 5.84 Å². The summed E-state index contributed by atoms with van der Waals surface area (Å²) in [5.74, 6) is 5.98. The van der Waals surface area contributed by atoms with Crippen molar-refractivity contribution in [3.8, 4) is 0 Å². The fraction of sp³-hybridized carbons (Fsp3) is 0.538. The molecule has 0 bridgehead atoms. The second-order valence-electron chi connectivity index (χ2n) is 4.61. The van der Waals surface area contributed by atoms with Crippen molar-refractivity contribution in [1.29, 1.82) is 0 Å². The van der Waals surface area contributed by atoms with Crippen LogP contribution in [0.4, 0.5) is 0 Å². The smallest absolute Gasteiger partial charge is 0.150 e. The molecule has 0 fully saturated rings. The second kappa shape index (κ2) is 7.38. The fourth-order valence-electron chi connectivity index (χ4n) is 1.82. The molecule has 0 aliphatic heterocycles.